The predicted molar refractivity (Wildman–Crippen MR) is 131 cm³/mol. The van der Waals surface area contributed by atoms with Crippen LogP contribution < -0.4 is 10.6 Å². The van der Waals surface area contributed by atoms with Crippen molar-refractivity contribution in [2.24, 2.45) is 0 Å². The molecule has 7 nitrogen and oxygen atoms in total. The Kier molecular flexibility index (Phi) is 6.93. The molecule has 2 aliphatic heterocycles. The lowest BCUT2D eigenvalue weighted by Crippen LogP contribution is -2.54. The number of amides is 3. The van der Waals surface area contributed by atoms with E-state index in [-0.39, 0.29) is 18.0 Å². The van der Waals surface area contributed by atoms with Gasteiger partial charge in [-0.25, -0.2) is 4.79 Å². The molecular weight excluding hydrogens is 440 g/mol. The third kappa shape index (κ3) is 5.16. The van der Waals surface area contributed by atoms with E-state index < -0.39 is 5.54 Å². The van der Waals surface area contributed by atoms with Crippen LogP contribution in [0, 0.1) is 0 Å². The Morgan fingerprint density at radius 1 is 1.03 bits per heavy atom. The van der Waals surface area contributed by atoms with Gasteiger partial charge in [-0.3, -0.25) is 4.79 Å². The van der Waals surface area contributed by atoms with E-state index in [0.29, 0.717) is 23.7 Å². The van der Waals surface area contributed by atoms with E-state index in [2.05, 4.69) is 34.7 Å². The maximum Gasteiger partial charge on any atom is 0.322 e. The first-order valence-corrected chi connectivity index (χ1v) is 11.6. The number of hydrogen-bond donors (Lipinski definition) is 2. The number of likely N-dealkylation sites (tertiary alicyclic amines) is 1. The number of nitrogens with zero attached hydrogens (tertiary/aromatic N) is 2. The summed E-state index contributed by atoms with van der Waals surface area (Å²) in [6.45, 7) is 4.15. The maximum absolute atomic E-state index is 13.5. The molecule has 0 unspecified atom stereocenters. The van der Waals surface area contributed by atoms with Crippen molar-refractivity contribution >= 4 is 34.9 Å². The van der Waals surface area contributed by atoms with Gasteiger partial charge in [-0.05, 0) is 74.3 Å². The first-order valence-electron chi connectivity index (χ1n) is 11.3. The molecule has 1 saturated heterocycles. The number of nitrogens with one attached hydrogen (secondary N) is 2. The topological polar surface area (TPSA) is 73.9 Å². The molecule has 8 heteroatoms. The van der Waals surface area contributed by atoms with Gasteiger partial charge in [-0.15, -0.1) is 0 Å². The summed E-state index contributed by atoms with van der Waals surface area (Å²) in [6, 6.07) is 12.7. The number of methoxy groups -OCH3 is 1. The number of halogens is 1. The van der Waals surface area contributed by atoms with Gasteiger partial charge < -0.3 is 25.2 Å². The molecule has 2 heterocycles. The minimum atomic E-state index is -1.05. The Morgan fingerprint density at radius 2 is 1.70 bits per heavy atom. The second-order valence-electron chi connectivity index (χ2n) is 9.12. The summed E-state index contributed by atoms with van der Waals surface area (Å²) in [7, 11) is 3.73. The van der Waals surface area contributed by atoms with Gasteiger partial charge in [0.25, 0.3) is 0 Å². The first-order chi connectivity index (χ1) is 15.8. The number of hydrogen-bond acceptors (Lipinski definition) is 4. The van der Waals surface area contributed by atoms with Gasteiger partial charge in [0.05, 0.1) is 6.10 Å². The summed E-state index contributed by atoms with van der Waals surface area (Å²) >= 11 is 5.94. The molecule has 33 heavy (non-hydrogen) atoms. The third-order valence-corrected chi connectivity index (χ3v) is 7.01. The Hall–Kier alpha value is -2.61. The number of benzene rings is 2. The van der Waals surface area contributed by atoms with Crippen LogP contribution in [0.4, 0.5) is 16.2 Å². The molecular formula is C25H31ClN4O3. The van der Waals surface area contributed by atoms with Crippen LogP contribution in [0.3, 0.4) is 0 Å². The molecule has 0 spiro atoms. The quantitative estimate of drug-likeness (QED) is 0.707. The average molecular weight is 471 g/mol. The number of carbonyl (C=O) groups excluding carboxylic acids is 2. The molecule has 4 rings (SSSR count). The van der Waals surface area contributed by atoms with Gasteiger partial charge >= 0.3 is 6.03 Å². The molecule has 0 bridgehead atoms. The van der Waals surface area contributed by atoms with Crippen molar-refractivity contribution < 1.29 is 14.3 Å². The second kappa shape index (κ2) is 9.71. The highest BCUT2D eigenvalue weighted by Crippen LogP contribution is 2.33. The molecule has 0 aromatic heterocycles. The molecule has 0 saturated carbocycles. The average Bonchev–Trinajstić information content (AvgIpc) is 3.05. The molecule has 1 fully saturated rings. The zero-order valence-electron chi connectivity index (χ0n) is 19.4. The van der Waals surface area contributed by atoms with E-state index in [4.69, 9.17) is 16.3 Å². The van der Waals surface area contributed by atoms with E-state index in [1.54, 1.807) is 43.2 Å². The van der Waals surface area contributed by atoms with Gasteiger partial charge in [-0.1, -0.05) is 17.7 Å². The van der Waals surface area contributed by atoms with E-state index in [9.17, 15) is 9.59 Å². The van der Waals surface area contributed by atoms with Gasteiger partial charge in [0, 0.05) is 49.6 Å². The lowest BCUT2D eigenvalue weighted by atomic mass is 9.96. The van der Waals surface area contributed by atoms with Crippen LogP contribution in [-0.4, -0.2) is 67.2 Å². The van der Waals surface area contributed by atoms with Crippen molar-refractivity contribution in [1.82, 2.24) is 9.80 Å². The van der Waals surface area contributed by atoms with Crippen LogP contribution in [0.1, 0.15) is 24.5 Å². The SMILES string of the molecule is CO[C@H]1CN(C(=O)Nc2ccc(Cl)cc2)[C@](C)(C(=O)Nc2ccc3c(c2)CCN(C)CC3)C1. The number of rotatable bonds is 4. The van der Waals surface area contributed by atoms with Crippen LogP contribution in [0.15, 0.2) is 42.5 Å². The summed E-state index contributed by atoms with van der Waals surface area (Å²) in [4.78, 5) is 30.5. The monoisotopic (exact) mass is 470 g/mol. The summed E-state index contributed by atoms with van der Waals surface area (Å²) in [5.74, 6) is -0.223. The number of likely N-dealkylation sites (N-methyl/N-ethyl adjacent to an activating group) is 1. The minimum absolute atomic E-state index is 0.223. The molecule has 2 aromatic rings. The fourth-order valence-electron chi connectivity index (χ4n) is 4.61. The van der Waals surface area contributed by atoms with Crippen molar-refractivity contribution in [2.75, 3.05) is 44.4 Å². The fraction of sp³-hybridized carbons (Fsp3) is 0.440. The van der Waals surface area contributed by atoms with E-state index in [1.807, 2.05) is 6.07 Å². The molecule has 176 valence electrons. The maximum atomic E-state index is 13.5. The Morgan fingerprint density at radius 3 is 2.39 bits per heavy atom. The van der Waals surface area contributed by atoms with E-state index >= 15 is 0 Å². The molecule has 0 radical (unpaired) electrons. The van der Waals surface area contributed by atoms with Gasteiger partial charge in [-0.2, -0.15) is 0 Å². The van der Waals surface area contributed by atoms with E-state index in [0.717, 1.165) is 31.6 Å². The highest BCUT2D eigenvalue weighted by Gasteiger charge is 2.50. The Balaban J connectivity index is 1.51. The normalized spacial score (nSPS) is 23.0. The van der Waals surface area contributed by atoms with Gasteiger partial charge in [0.2, 0.25) is 5.91 Å². The second-order valence-corrected chi connectivity index (χ2v) is 9.56. The summed E-state index contributed by atoms with van der Waals surface area (Å²) in [5, 5.41) is 6.52. The van der Waals surface area contributed by atoms with Crippen molar-refractivity contribution in [2.45, 2.75) is 37.8 Å². The third-order valence-electron chi connectivity index (χ3n) is 6.76. The number of ether oxygens (including phenoxy) is 1. The zero-order valence-corrected chi connectivity index (χ0v) is 20.1. The lowest BCUT2D eigenvalue weighted by Gasteiger charge is -2.33. The molecule has 2 atom stereocenters. The van der Waals surface area contributed by atoms with Crippen molar-refractivity contribution in [3.8, 4) is 0 Å². The van der Waals surface area contributed by atoms with Crippen molar-refractivity contribution in [3.05, 3.63) is 58.6 Å². The predicted octanol–water partition coefficient (Wildman–Crippen LogP) is 4.02. The lowest BCUT2D eigenvalue weighted by molar-refractivity contribution is -0.124. The molecule has 3 amide bonds. The van der Waals surface area contributed by atoms with Crippen LogP contribution >= 0.6 is 11.6 Å². The van der Waals surface area contributed by atoms with Gasteiger partial charge in [0.1, 0.15) is 5.54 Å². The highest BCUT2D eigenvalue weighted by atomic mass is 35.5. The van der Waals surface area contributed by atoms with Gasteiger partial charge in [0.15, 0.2) is 0 Å². The standard InChI is InChI=1S/C25H31ClN4O3/c1-25(23(31)27-21-7-4-17-10-12-29(2)13-11-18(17)14-21)15-22(33-3)16-30(25)24(32)28-20-8-5-19(26)6-9-20/h4-9,14,22H,10-13,15-16H2,1-3H3,(H,27,31)(H,28,32)/t22-,25+/m1/s1. The number of fused-ring (bicyclic) bond motifs is 1. The molecule has 2 aliphatic rings. The van der Waals surface area contributed by atoms with Crippen LogP contribution in [0.2, 0.25) is 5.02 Å². The summed E-state index contributed by atoms with van der Waals surface area (Å²) < 4.78 is 5.53. The van der Waals surface area contributed by atoms with Crippen LogP contribution in [0.25, 0.3) is 0 Å². The molecule has 2 N–H and O–H groups in total. The fourth-order valence-corrected chi connectivity index (χ4v) is 4.73. The summed E-state index contributed by atoms with van der Waals surface area (Å²) in [5.41, 5.74) is 2.91. The zero-order chi connectivity index (χ0) is 23.6. The van der Waals surface area contributed by atoms with E-state index in [1.165, 1.54) is 11.1 Å². The van der Waals surface area contributed by atoms with Crippen LogP contribution in [0.5, 0.6) is 0 Å². The Bertz CT molecular complexity index is 1030. The first kappa shape index (κ1) is 23.5. The highest BCUT2D eigenvalue weighted by molar-refractivity contribution is 6.30. The number of urea groups is 1. The minimum Gasteiger partial charge on any atom is -0.380 e. The summed E-state index contributed by atoms with van der Waals surface area (Å²) in [6.07, 6.45) is 2.15. The molecule has 2 aromatic carbocycles. The smallest absolute Gasteiger partial charge is 0.322 e. The largest absolute Gasteiger partial charge is 0.380 e. The number of anilines is 2. The molecule has 0 aliphatic carbocycles. The van der Waals surface area contributed by atoms with Crippen molar-refractivity contribution in [1.29, 1.82) is 0 Å². The Labute approximate surface area is 200 Å². The van der Waals surface area contributed by atoms with Crippen molar-refractivity contribution in [3.63, 3.8) is 0 Å². The van der Waals surface area contributed by atoms with Crippen LogP contribution in [-0.2, 0) is 22.4 Å². The number of carbonyl (C=O) groups is 2.